The molecule has 0 saturated carbocycles. The van der Waals surface area contributed by atoms with Crippen LogP contribution in [0.1, 0.15) is 23.6 Å². The van der Waals surface area contributed by atoms with Crippen LogP contribution in [-0.4, -0.2) is 27.3 Å². The molecular weight excluding hydrogens is 216 g/mol. The molecule has 4 nitrogen and oxygen atoms in total. The van der Waals surface area contributed by atoms with E-state index in [0.717, 1.165) is 30.9 Å². The van der Waals surface area contributed by atoms with E-state index in [-0.39, 0.29) is 0 Å². The smallest absolute Gasteiger partial charge is 0.161 e. The highest BCUT2D eigenvalue weighted by molar-refractivity contribution is 5.49. The highest BCUT2D eigenvalue weighted by Gasteiger charge is 2.21. The average molecular weight is 236 g/mol. The lowest BCUT2D eigenvalue weighted by molar-refractivity contribution is 0.351. The largest absolute Gasteiger partial charge is 0.493 e. The summed E-state index contributed by atoms with van der Waals surface area (Å²) < 4.78 is 10.7. The van der Waals surface area contributed by atoms with Gasteiger partial charge in [0.25, 0.3) is 0 Å². The van der Waals surface area contributed by atoms with Crippen LogP contribution < -0.4 is 20.5 Å². The molecule has 94 valence electrons. The summed E-state index contributed by atoms with van der Waals surface area (Å²) in [7, 11) is 3.33. The molecule has 4 heteroatoms. The molecule has 1 aromatic carbocycles. The maximum atomic E-state index is 5.65. The summed E-state index contributed by atoms with van der Waals surface area (Å²) in [5, 5.41) is 3.49. The van der Waals surface area contributed by atoms with Crippen LogP contribution >= 0.6 is 0 Å². The van der Waals surface area contributed by atoms with Crippen LogP contribution in [-0.2, 0) is 6.42 Å². The van der Waals surface area contributed by atoms with E-state index in [1.54, 1.807) is 14.2 Å². The maximum absolute atomic E-state index is 5.65. The van der Waals surface area contributed by atoms with E-state index >= 15 is 0 Å². The first-order valence-electron chi connectivity index (χ1n) is 5.98. The van der Waals surface area contributed by atoms with Crippen molar-refractivity contribution >= 4 is 0 Å². The third kappa shape index (κ3) is 2.37. The molecule has 0 aliphatic carbocycles. The van der Waals surface area contributed by atoms with Gasteiger partial charge in [-0.1, -0.05) is 0 Å². The minimum absolute atomic E-state index is 0.337. The van der Waals surface area contributed by atoms with Gasteiger partial charge in [-0.3, -0.25) is 0 Å². The number of ether oxygens (including phenoxy) is 2. The standard InChI is InChI=1S/C13H20N2O2/c1-16-12-7-9-4-6-15-11(3-5-14)10(9)8-13(12)17-2/h7-8,11,15H,3-6,14H2,1-2H3/t11-/m1/s1. The Morgan fingerprint density at radius 1 is 1.29 bits per heavy atom. The Morgan fingerprint density at radius 2 is 2.00 bits per heavy atom. The molecule has 0 fully saturated rings. The first-order valence-corrected chi connectivity index (χ1v) is 5.98. The van der Waals surface area contributed by atoms with Gasteiger partial charge in [-0.15, -0.1) is 0 Å². The SMILES string of the molecule is COc1cc2c(cc1OC)[C@@H](CCN)NCC2. The summed E-state index contributed by atoms with van der Waals surface area (Å²) in [5.41, 5.74) is 8.27. The van der Waals surface area contributed by atoms with Crippen molar-refractivity contribution < 1.29 is 9.47 Å². The van der Waals surface area contributed by atoms with Crippen molar-refractivity contribution in [2.24, 2.45) is 5.73 Å². The molecule has 0 saturated heterocycles. The summed E-state index contributed by atoms with van der Waals surface area (Å²) in [6.07, 6.45) is 1.97. The third-order valence-electron chi connectivity index (χ3n) is 3.26. The number of nitrogens with one attached hydrogen (secondary N) is 1. The molecular formula is C13H20N2O2. The molecule has 2 rings (SSSR count). The van der Waals surface area contributed by atoms with Crippen LogP contribution in [0.4, 0.5) is 0 Å². The van der Waals surface area contributed by atoms with Gasteiger partial charge in [0.1, 0.15) is 0 Å². The summed E-state index contributed by atoms with van der Waals surface area (Å²) >= 11 is 0. The van der Waals surface area contributed by atoms with Gasteiger partial charge in [-0.2, -0.15) is 0 Å². The molecule has 0 aromatic heterocycles. The maximum Gasteiger partial charge on any atom is 0.161 e. The quantitative estimate of drug-likeness (QED) is 0.826. The molecule has 0 bridgehead atoms. The zero-order valence-corrected chi connectivity index (χ0v) is 10.5. The van der Waals surface area contributed by atoms with Gasteiger partial charge in [0.15, 0.2) is 11.5 Å². The van der Waals surface area contributed by atoms with Gasteiger partial charge in [0, 0.05) is 6.04 Å². The highest BCUT2D eigenvalue weighted by atomic mass is 16.5. The van der Waals surface area contributed by atoms with Crippen molar-refractivity contribution in [2.75, 3.05) is 27.3 Å². The number of benzene rings is 1. The second-order valence-corrected chi connectivity index (χ2v) is 4.24. The summed E-state index contributed by atoms with van der Waals surface area (Å²) in [4.78, 5) is 0. The van der Waals surface area contributed by atoms with E-state index in [1.165, 1.54) is 11.1 Å². The van der Waals surface area contributed by atoms with Gasteiger partial charge in [0.2, 0.25) is 0 Å². The van der Waals surface area contributed by atoms with E-state index < -0.39 is 0 Å². The zero-order valence-electron chi connectivity index (χ0n) is 10.5. The van der Waals surface area contributed by atoms with Crippen molar-refractivity contribution in [1.29, 1.82) is 0 Å². The van der Waals surface area contributed by atoms with Crippen LogP contribution in [0.25, 0.3) is 0 Å². The Balaban J connectivity index is 2.39. The van der Waals surface area contributed by atoms with E-state index in [1.807, 2.05) is 0 Å². The second kappa shape index (κ2) is 5.38. The Labute approximate surface area is 102 Å². The predicted octanol–water partition coefficient (Wildman–Crippen LogP) is 1.24. The number of methoxy groups -OCH3 is 2. The monoisotopic (exact) mass is 236 g/mol. The molecule has 3 N–H and O–H groups in total. The average Bonchev–Trinajstić information content (AvgIpc) is 2.38. The van der Waals surface area contributed by atoms with E-state index in [4.69, 9.17) is 15.2 Å². The Kier molecular flexibility index (Phi) is 3.86. The zero-order chi connectivity index (χ0) is 12.3. The third-order valence-corrected chi connectivity index (χ3v) is 3.26. The van der Waals surface area contributed by atoms with E-state index in [9.17, 15) is 0 Å². The number of nitrogens with two attached hydrogens (primary N) is 1. The number of fused-ring (bicyclic) bond motifs is 1. The van der Waals surface area contributed by atoms with E-state index in [0.29, 0.717) is 12.6 Å². The lowest BCUT2D eigenvalue weighted by atomic mass is 9.92. The fourth-order valence-corrected chi connectivity index (χ4v) is 2.39. The lowest BCUT2D eigenvalue weighted by Gasteiger charge is -2.27. The van der Waals surface area contributed by atoms with Gasteiger partial charge < -0.3 is 20.5 Å². The molecule has 1 aromatic rings. The van der Waals surface area contributed by atoms with Crippen LogP contribution in [0.5, 0.6) is 11.5 Å². The minimum Gasteiger partial charge on any atom is -0.493 e. The van der Waals surface area contributed by atoms with Gasteiger partial charge in [0.05, 0.1) is 14.2 Å². The molecule has 0 spiro atoms. The van der Waals surface area contributed by atoms with Gasteiger partial charge in [-0.05, 0) is 49.2 Å². The fraction of sp³-hybridized carbons (Fsp3) is 0.538. The highest BCUT2D eigenvalue weighted by Crippen LogP contribution is 2.35. The van der Waals surface area contributed by atoms with Crippen LogP contribution in [0.2, 0.25) is 0 Å². The van der Waals surface area contributed by atoms with Crippen LogP contribution in [0.15, 0.2) is 12.1 Å². The normalized spacial score (nSPS) is 18.6. The molecule has 17 heavy (non-hydrogen) atoms. The number of hydrogen-bond acceptors (Lipinski definition) is 4. The summed E-state index contributed by atoms with van der Waals surface area (Å²) in [6.45, 7) is 1.68. The van der Waals surface area contributed by atoms with Crippen LogP contribution in [0, 0.1) is 0 Å². The van der Waals surface area contributed by atoms with Crippen molar-refractivity contribution in [2.45, 2.75) is 18.9 Å². The van der Waals surface area contributed by atoms with Gasteiger partial charge >= 0.3 is 0 Å². The molecule has 0 radical (unpaired) electrons. The Bertz CT molecular complexity index is 393. The second-order valence-electron chi connectivity index (χ2n) is 4.24. The number of rotatable bonds is 4. The predicted molar refractivity (Wildman–Crippen MR) is 67.7 cm³/mol. The Morgan fingerprint density at radius 3 is 2.65 bits per heavy atom. The number of hydrogen-bond donors (Lipinski definition) is 2. The first-order chi connectivity index (χ1) is 8.30. The van der Waals surface area contributed by atoms with Crippen molar-refractivity contribution in [1.82, 2.24) is 5.32 Å². The molecule has 1 aliphatic rings. The van der Waals surface area contributed by atoms with Crippen LogP contribution in [0.3, 0.4) is 0 Å². The molecule has 1 atom stereocenters. The topological polar surface area (TPSA) is 56.5 Å². The lowest BCUT2D eigenvalue weighted by Crippen LogP contribution is -2.31. The van der Waals surface area contributed by atoms with Crippen molar-refractivity contribution in [3.05, 3.63) is 23.3 Å². The molecule has 0 amide bonds. The summed E-state index contributed by atoms with van der Waals surface area (Å²) in [5.74, 6) is 1.59. The fourth-order valence-electron chi connectivity index (χ4n) is 2.39. The van der Waals surface area contributed by atoms with E-state index in [2.05, 4.69) is 17.4 Å². The molecule has 1 aliphatic heterocycles. The minimum atomic E-state index is 0.337. The Hall–Kier alpha value is -1.26. The first kappa shape index (κ1) is 12.2. The van der Waals surface area contributed by atoms with Crippen molar-refractivity contribution in [3.8, 4) is 11.5 Å². The molecule has 1 heterocycles. The summed E-state index contributed by atoms with van der Waals surface area (Å²) in [6, 6.07) is 4.49. The van der Waals surface area contributed by atoms with Crippen molar-refractivity contribution in [3.63, 3.8) is 0 Å². The molecule has 0 unspecified atom stereocenters. The van der Waals surface area contributed by atoms with Gasteiger partial charge in [-0.25, -0.2) is 0 Å².